The molecule has 0 heterocycles. The zero-order valence-corrected chi connectivity index (χ0v) is 7.98. The topological polar surface area (TPSA) is 98.0 Å². The number of carbonyl (C=O) groups excluding carboxylic acids is 1. The van der Waals surface area contributed by atoms with Crippen LogP contribution in [0.3, 0.4) is 0 Å². The van der Waals surface area contributed by atoms with Crippen LogP contribution in [0.15, 0.2) is 0 Å². The van der Waals surface area contributed by atoms with Crippen LogP contribution in [0.4, 0.5) is 0 Å². The Hall–Kier alpha value is -0.140. The number of carbonyl (C=O) groups is 1. The van der Waals surface area contributed by atoms with Crippen LogP contribution >= 0.6 is 12.6 Å². The van der Waals surface area contributed by atoms with Gasteiger partial charge in [-0.3, -0.25) is 0 Å². The Labute approximate surface area is 82.8 Å². The third kappa shape index (κ3) is 3.24. The van der Waals surface area contributed by atoms with E-state index in [0.29, 0.717) is 0 Å². The Kier molecular flexibility index (Phi) is 4.14. The van der Waals surface area contributed by atoms with Gasteiger partial charge in [0.15, 0.2) is 6.26 Å². The third-order valence-corrected chi connectivity index (χ3v) is 2.16. The van der Waals surface area contributed by atoms with E-state index >= 15 is 0 Å². The predicted molar refractivity (Wildman–Crippen MR) is 48.6 cm³/mol. The molecule has 5 nitrogen and oxygen atoms in total. The minimum absolute atomic E-state index is 0.524. The fourth-order valence-corrected chi connectivity index (χ4v) is 0.874. The van der Waals surface area contributed by atoms with Gasteiger partial charge in [0.1, 0.15) is 13.1 Å². The van der Waals surface area contributed by atoms with Crippen molar-refractivity contribution < 1.29 is 26.6 Å². The van der Waals surface area contributed by atoms with Gasteiger partial charge in [-0.15, -0.1) is 0 Å². The molecule has 13 heavy (non-hydrogen) atoms. The molecule has 0 rings (SSSR count). The monoisotopic (exact) mass is 211 g/mol. The Morgan fingerprint density at radius 1 is 1.69 bits per heavy atom. The number of hydrogen-bond donors (Lipinski definition) is 5. The van der Waals surface area contributed by atoms with E-state index in [1.807, 2.05) is 0 Å². The molecule has 4 atom stereocenters. The minimum Gasteiger partial charge on any atom is -0.395 e. The number of rotatable bonds is 5. The van der Waals surface area contributed by atoms with E-state index in [4.69, 9.17) is 6.48 Å². The first-order chi connectivity index (χ1) is 6.25. The molecule has 0 spiro atoms. The summed E-state index contributed by atoms with van der Waals surface area (Å²) in [5.74, 6) is 0. The van der Waals surface area contributed by atoms with Crippen molar-refractivity contribution in [3.05, 3.63) is 0 Å². The normalized spacial score (nSPS) is 24.0. The van der Waals surface area contributed by atoms with Crippen molar-refractivity contribution in [1.29, 1.82) is 0 Å². The molecule has 0 aliphatic rings. The fraction of sp³-hybridized carbons (Fsp3) is 0.857. The van der Waals surface area contributed by atoms with Crippen molar-refractivity contribution in [3.63, 3.8) is 0 Å². The molecule has 0 radical (unpaired) electrons. The molecule has 0 aromatic carbocycles. The van der Waals surface area contributed by atoms with Crippen LogP contribution < -0.4 is 0 Å². The summed E-state index contributed by atoms with van der Waals surface area (Å²) in [4.78, 5) is 10.6. The molecule has 78 valence electrons. The predicted octanol–water partition coefficient (Wildman–Crippen LogP) is -2.05. The third-order valence-electron chi connectivity index (χ3n) is 1.69. The summed E-state index contributed by atoms with van der Waals surface area (Å²) in [6, 6.07) is 0. The largest absolute Gasteiger partial charge is 0.395 e. The highest BCUT2D eigenvalue weighted by Gasteiger charge is 2.37. The summed E-state index contributed by atoms with van der Waals surface area (Å²) in [6.07, 6.45) is -4.86. The zero-order chi connectivity index (χ0) is 11.5. The van der Waals surface area contributed by atoms with Crippen LogP contribution in [0.5, 0.6) is 0 Å². The molecule has 0 amide bonds. The summed E-state index contributed by atoms with van der Waals surface area (Å²) in [5, 5.41) is 35.5. The van der Waals surface area contributed by atoms with Gasteiger partial charge < -0.3 is 25.2 Å². The molecule has 0 aromatic heterocycles. The van der Waals surface area contributed by atoms with Gasteiger partial charge in [-0.25, -0.2) is 0 Å². The highest BCUT2D eigenvalue weighted by Crippen LogP contribution is 2.15. The van der Waals surface area contributed by atoms with Gasteiger partial charge in [0, 0.05) is 0 Å². The first-order valence-electron chi connectivity index (χ1n) is 4.13. The number of aldehydes is 1. The number of hydrogen-bond acceptors (Lipinski definition) is 6. The second-order valence-corrected chi connectivity index (χ2v) is 3.60. The molecule has 4 N–H and O–H groups in total. The van der Waals surface area contributed by atoms with Crippen LogP contribution in [0, 0.1) is 0 Å². The maximum atomic E-state index is 10.6. The molecule has 0 unspecified atom stereocenters. The molecule has 0 aliphatic heterocycles. The van der Waals surface area contributed by atoms with E-state index in [-0.39, 0.29) is 0 Å². The molecular weight excluding hydrogens is 196 g/mol. The van der Waals surface area contributed by atoms with Gasteiger partial charge in [-0.2, -0.15) is 12.6 Å². The summed E-state index contributed by atoms with van der Waals surface area (Å²) >= 11 is 3.72. The minimum atomic E-state index is -2.37. The molecule has 0 saturated carbocycles. The Balaban J connectivity index is 4.60. The molecule has 0 saturated heterocycles. The fourth-order valence-electron chi connectivity index (χ4n) is 0.711. The summed E-state index contributed by atoms with van der Waals surface area (Å²) in [5.41, 5.74) is -2.37. The smallest absolute Gasteiger partial charge is 0.154 e. The van der Waals surface area contributed by atoms with Crippen molar-refractivity contribution in [1.82, 2.24) is 0 Å². The Morgan fingerprint density at radius 3 is 2.46 bits per heavy atom. The van der Waals surface area contributed by atoms with E-state index in [1.165, 1.54) is 0 Å². The van der Waals surface area contributed by atoms with Gasteiger partial charge in [0.2, 0.25) is 0 Å². The van der Waals surface area contributed by atoms with Crippen LogP contribution in [0.2, 0.25) is 0 Å². The van der Waals surface area contributed by atoms with Crippen molar-refractivity contribution >= 4 is 18.9 Å². The van der Waals surface area contributed by atoms with Crippen LogP contribution in [-0.2, 0) is 4.79 Å². The second kappa shape index (κ2) is 4.92. The quantitative estimate of drug-likeness (QED) is 0.266. The second-order valence-electron chi connectivity index (χ2n) is 2.93. The molecule has 0 bridgehead atoms. The van der Waals surface area contributed by atoms with E-state index in [2.05, 4.69) is 12.6 Å². The van der Waals surface area contributed by atoms with Crippen LogP contribution in [-0.4, -0.2) is 56.4 Å². The van der Waals surface area contributed by atoms with Crippen molar-refractivity contribution in [2.45, 2.75) is 30.0 Å². The van der Waals surface area contributed by atoms with Gasteiger partial charge in [0.05, 0.1) is 18.0 Å². The van der Waals surface area contributed by atoms with E-state index in [0.717, 1.165) is 6.92 Å². The van der Waals surface area contributed by atoms with Crippen molar-refractivity contribution in [2.75, 3.05) is 6.61 Å². The summed E-state index contributed by atoms with van der Waals surface area (Å²) < 4.78 is 6.65. The number of aliphatic hydroxyl groups is 4. The van der Waals surface area contributed by atoms with Gasteiger partial charge in [-0.05, 0) is 6.92 Å². The summed E-state index contributed by atoms with van der Waals surface area (Å²) in [7, 11) is 0. The molecule has 0 fully saturated rings. The zero-order valence-electron chi connectivity index (χ0n) is 8.08. The number of thiol groups is 1. The average molecular weight is 211 g/mol. The lowest BCUT2D eigenvalue weighted by Gasteiger charge is -2.29. The van der Waals surface area contributed by atoms with Crippen LogP contribution in [0.25, 0.3) is 0 Å². The highest BCUT2D eigenvalue weighted by atomic mass is 32.1. The maximum Gasteiger partial charge on any atom is 0.154 e. The van der Waals surface area contributed by atoms with Crippen LogP contribution in [0.1, 0.15) is 8.29 Å². The summed E-state index contributed by atoms with van der Waals surface area (Å²) in [6.45, 7) is 0.387. The van der Waals surface area contributed by atoms with E-state index in [1.54, 1.807) is 0 Å². The first-order valence-corrected chi connectivity index (χ1v) is 4.15. The lowest BCUT2D eigenvalue weighted by atomic mass is 9.94. The first kappa shape index (κ1) is 10.9. The average Bonchev–Trinajstić information content (AvgIpc) is 2.13. The molecule has 0 aromatic rings. The van der Waals surface area contributed by atoms with E-state index < -0.39 is 35.9 Å². The van der Waals surface area contributed by atoms with E-state index in [9.17, 15) is 20.1 Å². The maximum absolute atomic E-state index is 10.6. The lowest BCUT2D eigenvalue weighted by Crippen LogP contribution is -2.51. The Bertz CT molecular complexity index is 210. The molecule has 0 aliphatic carbocycles. The van der Waals surface area contributed by atoms with Gasteiger partial charge in [-0.1, -0.05) is 0 Å². The Morgan fingerprint density at radius 2 is 2.15 bits per heavy atom. The lowest BCUT2D eigenvalue weighted by molar-refractivity contribution is -0.146. The standard InChI is InChI=1S/C7H14O5S/c1-7(12,3-9)6(11)5(10)4(13)2-8/h3-6,8,10-13H,2H2,1H3/t4-,5+,6+,7+/m1/s1/i3D. The van der Waals surface area contributed by atoms with Crippen molar-refractivity contribution in [3.8, 4) is 0 Å². The van der Waals surface area contributed by atoms with Gasteiger partial charge in [0.25, 0.3) is 0 Å². The molecular formula is C7H14O5S. The SMILES string of the molecule is [2H]C(=O)[C@](C)(O)[C@@H](O)[C@@H](O)[C@H](S)CO. The van der Waals surface area contributed by atoms with Gasteiger partial charge >= 0.3 is 0 Å². The van der Waals surface area contributed by atoms with Crippen molar-refractivity contribution in [2.24, 2.45) is 0 Å². The highest BCUT2D eigenvalue weighted by molar-refractivity contribution is 7.81. The number of aliphatic hydroxyl groups excluding tert-OH is 3. The molecule has 6 heteroatoms.